The van der Waals surface area contributed by atoms with Gasteiger partial charge in [-0.25, -0.2) is 0 Å². The summed E-state index contributed by atoms with van der Waals surface area (Å²) in [6.07, 6.45) is 6.95. The second-order valence-electron chi connectivity index (χ2n) is 4.59. The molecule has 1 fully saturated rings. The largest absolute Gasteiger partial charge is 0.310 e. The molecular weight excluding hydrogens is 202 g/mol. The van der Waals surface area contributed by atoms with Crippen LogP contribution in [0, 0.1) is 0 Å². The molecule has 0 radical (unpaired) electrons. The van der Waals surface area contributed by atoms with E-state index in [1.807, 2.05) is 0 Å². The number of rotatable bonds is 7. The molecule has 0 aromatic heterocycles. The molecule has 0 spiro atoms. The Labute approximate surface area is 99.1 Å². The highest BCUT2D eigenvalue weighted by Crippen LogP contribution is 2.30. The van der Waals surface area contributed by atoms with Gasteiger partial charge in [0.25, 0.3) is 0 Å². The Bertz CT molecular complexity index is 185. The maximum atomic E-state index is 4.08. The first kappa shape index (κ1) is 13.1. The number of hydrogen-bond acceptors (Lipinski definition) is 2. The average Bonchev–Trinajstić information content (AvgIpc) is 2.70. The summed E-state index contributed by atoms with van der Waals surface area (Å²) in [6.45, 7) is 9.55. The van der Waals surface area contributed by atoms with Crippen molar-refractivity contribution in [3.05, 3.63) is 12.2 Å². The van der Waals surface area contributed by atoms with E-state index in [1.165, 1.54) is 43.4 Å². The topological polar surface area (TPSA) is 12.0 Å². The van der Waals surface area contributed by atoms with Crippen molar-refractivity contribution in [2.75, 3.05) is 12.3 Å². The summed E-state index contributed by atoms with van der Waals surface area (Å²) in [5, 5.41) is 4.50. The lowest BCUT2D eigenvalue weighted by Gasteiger charge is -2.20. The second-order valence-corrected chi connectivity index (χ2v) is 5.93. The van der Waals surface area contributed by atoms with Gasteiger partial charge < -0.3 is 5.32 Å². The van der Waals surface area contributed by atoms with Crippen LogP contribution in [0.1, 0.15) is 46.0 Å². The molecule has 0 aromatic carbocycles. The molecule has 0 aromatic rings. The Morgan fingerprint density at radius 3 is 2.67 bits per heavy atom. The van der Waals surface area contributed by atoms with Crippen LogP contribution in [-0.2, 0) is 0 Å². The van der Waals surface area contributed by atoms with Crippen molar-refractivity contribution in [2.45, 2.75) is 57.2 Å². The molecule has 1 atom stereocenters. The van der Waals surface area contributed by atoms with Crippen LogP contribution in [0.2, 0.25) is 0 Å². The minimum atomic E-state index is 0.524. The molecule has 88 valence electrons. The van der Waals surface area contributed by atoms with Crippen molar-refractivity contribution >= 4 is 11.8 Å². The van der Waals surface area contributed by atoms with Crippen LogP contribution >= 0.6 is 11.8 Å². The van der Waals surface area contributed by atoms with Crippen molar-refractivity contribution in [2.24, 2.45) is 0 Å². The third-order valence-electron chi connectivity index (χ3n) is 3.04. The van der Waals surface area contributed by atoms with Gasteiger partial charge in [-0.2, -0.15) is 11.8 Å². The van der Waals surface area contributed by atoms with E-state index in [4.69, 9.17) is 0 Å². The first-order valence-electron chi connectivity index (χ1n) is 6.24. The summed E-state index contributed by atoms with van der Waals surface area (Å²) in [7, 11) is 0. The van der Waals surface area contributed by atoms with Gasteiger partial charge in [-0.1, -0.05) is 31.9 Å². The Hall–Kier alpha value is 0.0500. The van der Waals surface area contributed by atoms with E-state index >= 15 is 0 Å². The molecule has 0 aliphatic heterocycles. The Morgan fingerprint density at radius 2 is 2.13 bits per heavy atom. The minimum absolute atomic E-state index is 0.524. The summed E-state index contributed by atoms with van der Waals surface area (Å²) in [4.78, 5) is 0. The molecule has 0 amide bonds. The van der Waals surface area contributed by atoms with Crippen LogP contribution in [-0.4, -0.2) is 23.6 Å². The number of thioether (sulfide) groups is 1. The Balaban J connectivity index is 2.20. The summed E-state index contributed by atoms with van der Waals surface area (Å²) in [5.74, 6) is 1.21. The van der Waals surface area contributed by atoms with E-state index in [2.05, 4.69) is 37.5 Å². The summed E-state index contributed by atoms with van der Waals surface area (Å²) >= 11 is 2.15. The quantitative estimate of drug-likeness (QED) is 0.667. The van der Waals surface area contributed by atoms with Gasteiger partial charge >= 0.3 is 0 Å². The molecule has 1 rings (SSSR count). The SMILES string of the molecule is C=C(C)C(CSC1CCCC1)NCCC. The van der Waals surface area contributed by atoms with Gasteiger partial charge in [0.05, 0.1) is 0 Å². The monoisotopic (exact) mass is 227 g/mol. The molecule has 1 nitrogen and oxygen atoms in total. The van der Waals surface area contributed by atoms with Crippen LogP contribution in [0.15, 0.2) is 12.2 Å². The minimum Gasteiger partial charge on any atom is -0.310 e. The van der Waals surface area contributed by atoms with Crippen molar-refractivity contribution in [1.82, 2.24) is 5.32 Å². The van der Waals surface area contributed by atoms with Gasteiger partial charge in [0.2, 0.25) is 0 Å². The number of nitrogens with one attached hydrogen (secondary N) is 1. The van der Waals surface area contributed by atoms with Gasteiger partial charge in [0, 0.05) is 17.0 Å². The van der Waals surface area contributed by atoms with Crippen LogP contribution < -0.4 is 5.32 Å². The van der Waals surface area contributed by atoms with Gasteiger partial charge in [0.1, 0.15) is 0 Å². The molecule has 1 aliphatic rings. The standard InChI is InChI=1S/C13H25NS/c1-4-9-14-13(11(2)3)10-15-12-7-5-6-8-12/h12-14H,2,4-10H2,1,3H3. The molecule has 1 saturated carbocycles. The van der Waals surface area contributed by atoms with Crippen LogP contribution in [0.4, 0.5) is 0 Å². The van der Waals surface area contributed by atoms with Crippen LogP contribution in [0.3, 0.4) is 0 Å². The van der Waals surface area contributed by atoms with Crippen molar-refractivity contribution < 1.29 is 0 Å². The lowest BCUT2D eigenvalue weighted by atomic mass is 10.2. The van der Waals surface area contributed by atoms with Crippen LogP contribution in [0.25, 0.3) is 0 Å². The molecule has 0 bridgehead atoms. The van der Waals surface area contributed by atoms with Crippen LogP contribution in [0.5, 0.6) is 0 Å². The van der Waals surface area contributed by atoms with Crippen molar-refractivity contribution in [1.29, 1.82) is 0 Å². The third kappa shape index (κ3) is 5.07. The van der Waals surface area contributed by atoms with Crippen molar-refractivity contribution in [3.8, 4) is 0 Å². The van der Waals surface area contributed by atoms with E-state index in [1.54, 1.807) is 0 Å². The van der Waals surface area contributed by atoms with E-state index in [9.17, 15) is 0 Å². The molecule has 15 heavy (non-hydrogen) atoms. The maximum Gasteiger partial charge on any atom is 0.0365 e. The van der Waals surface area contributed by atoms with Gasteiger partial charge in [-0.05, 0) is 32.7 Å². The van der Waals surface area contributed by atoms with Gasteiger partial charge in [-0.3, -0.25) is 0 Å². The normalized spacial score (nSPS) is 19.3. The van der Waals surface area contributed by atoms with Gasteiger partial charge in [0.15, 0.2) is 0 Å². The zero-order valence-electron chi connectivity index (χ0n) is 10.2. The fourth-order valence-corrected chi connectivity index (χ4v) is 3.51. The zero-order chi connectivity index (χ0) is 11.1. The van der Waals surface area contributed by atoms with Gasteiger partial charge in [-0.15, -0.1) is 0 Å². The zero-order valence-corrected chi connectivity index (χ0v) is 11.0. The fourth-order valence-electron chi connectivity index (χ4n) is 1.98. The average molecular weight is 227 g/mol. The molecule has 1 aliphatic carbocycles. The third-order valence-corrected chi connectivity index (χ3v) is 4.50. The van der Waals surface area contributed by atoms with E-state index in [-0.39, 0.29) is 0 Å². The highest BCUT2D eigenvalue weighted by molar-refractivity contribution is 7.99. The molecular formula is C13H25NS. The molecule has 1 N–H and O–H groups in total. The summed E-state index contributed by atoms with van der Waals surface area (Å²) < 4.78 is 0. The first-order chi connectivity index (χ1) is 7.24. The fraction of sp³-hybridized carbons (Fsp3) is 0.846. The summed E-state index contributed by atoms with van der Waals surface area (Å²) in [6, 6.07) is 0.524. The van der Waals surface area contributed by atoms with E-state index < -0.39 is 0 Å². The molecule has 0 heterocycles. The molecule has 0 saturated heterocycles. The lowest BCUT2D eigenvalue weighted by molar-refractivity contribution is 0.608. The highest BCUT2D eigenvalue weighted by atomic mass is 32.2. The molecule has 1 unspecified atom stereocenters. The predicted octanol–water partition coefficient (Wildman–Crippen LogP) is 3.61. The van der Waals surface area contributed by atoms with Crippen molar-refractivity contribution in [3.63, 3.8) is 0 Å². The van der Waals surface area contributed by atoms with E-state index in [0.717, 1.165) is 11.8 Å². The second kappa shape index (κ2) is 7.34. The smallest absolute Gasteiger partial charge is 0.0365 e. The maximum absolute atomic E-state index is 4.08. The summed E-state index contributed by atoms with van der Waals surface area (Å²) in [5.41, 5.74) is 1.29. The predicted molar refractivity (Wildman–Crippen MR) is 71.6 cm³/mol. The number of hydrogen-bond donors (Lipinski definition) is 1. The highest BCUT2D eigenvalue weighted by Gasteiger charge is 2.17. The molecule has 2 heteroatoms. The Kier molecular flexibility index (Phi) is 6.42. The first-order valence-corrected chi connectivity index (χ1v) is 7.29. The lowest BCUT2D eigenvalue weighted by Crippen LogP contribution is -2.33. The van der Waals surface area contributed by atoms with E-state index in [0.29, 0.717) is 6.04 Å². The Morgan fingerprint density at radius 1 is 1.47 bits per heavy atom.